The Morgan fingerprint density at radius 1 is 1.03 bits per heavy atom. The van der Waals surface area contributed by atoms with Crippen molar-refractivity contribution in [1.82, 2.24) is 9.29 Å². The van der Waals surface area contributed by atoms with Crippen LogP contribution >= 0.6 is 11.3 Å². The summed E-state index contributed by atoms with van der Waals surface area (Å²) >= 11 is 1.43. The van der Waals surface area contributed by atoms with E-state index in [2.05, 4.69) is 4.98 Å². The Hall–Kier alpha value is -2.89. The van der Waals surface area contributed by atoms with Gasteiger partial charge >= 0.3 is 0 Å². The maximum absolute atomic E-state index is 13.1. The lowest BCUT2D eigenvalue weighted by molar-refractivity contribution is -0.387. The van der Waals surface area contributed by atoms with Crippen LogP contribution in [0.3, 0.4) is 0 Å². The molecule has 0 atom stereocenters. The molecule has 1 saturated heterocycles. The number of aromatic nitrogens is 1. The molecule has 30 heavy (non-hydrogen) atoms. The molecule has 0 aliphatic carbocycles. The number of nitrogens with zero attached hydrogens (tertiary/aromatic N) is 4. The molecular formula is C19H17FN4O4S2. The van der Waals surface area contributed by atoms with Crippen LogP contribution in [0.4, 0.5) is 15.2 Å². The molecule has 11 heteroatoms. The summed E-state index contributed by atoms with van der Waals surface area (Å²) in [7, 11) is -3.97. The molecule has 0 amide bonds. The average molecular weight is 449 g/mol. The van der Waals surface area contributed by atoms with E-state index in [0.29, 0.717) is 13.1 Å². The van der Waals surface area contributed by atoms with Crippen molar-refractivity contribution in [1.29, 1.82) is 0 Å². The van der Waals surface area contributed by atoms with Crippen molar-refractivity contribution in [2.24, 2.45) is 0 Å². The topological polar surface area (TPSA) is 96.6 Å². The van der Waals surface area contributed by atoms with Crippen LogP contribution < -0.4 is 4.90 Å². The van der Waals surface area contributed by atoms with Crippen molar-refractivity contribution in [3.63, 3.8) is 0 Å². The fourth-order valence-corrected chi connectivity index (χ4v) is 5.72. The lowest BCUT2D eigenvalue weighted by Crippen LogP contribution is -2.48. The monoisotopic (exact) mass is 448 g/mol. The second-order valence-corrected chi connectivity index (χ2v) is 9.38. The van der Waals surface area contributed by atoms with Gasteiger partial charge < -0.3 is 4.90 Å². The van der Waals surface area contributed by atoms with Crippen molar-refractivity contribution >= 4 is 32.2 Å². The number of nitro groups is 1. The molecule has 4 rings (SSSR count). The second kappa shape index (κ2) is 8.09. The maximum Gasteiger partial charge on any atom is 0.289 e. The van der Waals surface area contributed by atoms with Crippen LogP contribution in [0.2, 0.25) is 0 Å². The van der Waals surface area contributed by atoms with Crippen molar-refractivity contribution < 1.29 is 17.7 Å². The van der Waals surface area contributed by atoms with Gasteiger partial charge in [-0.15, -0.1) is 11.3 Å². The van der Waals surface area contributed by atoms with Gasteiger partial charge in [0.1, 0.15) is 5.82 Å². The zero-order chi connectivity index (χ0) is 21.3. The Morgan fingerprint density at radius 2 is 1.70 bits per heavy atom. The van der Waals surface area contributed by atoms with Crippen LogP contribution in [0, 0.1) is 15.9 Å². The van der Waals surface area contributed by atoms with E-state index in [9.17, 15) is 22.9 Å². The molecule has 0 saturated carbocycles. The molecule has 1 aromatic heterocycles. The highest BCUT2D eigenvalue weighted by atomic mass is 32.2. The molecule has 0 bridgehead atoms. The number of rotatable bonds is 5. The van der Waals surface area contributed by atoms with Crippen LogP contribution in [0.1, 0.15) is 0 Å². The lowest BCUT2D eigenvalue weighted by atomic mass is 10.2. The minimum Gasteiger partial charge on any atom is -0.345 e. The highest BCUT2D eigenvalue weighted by Gasteiger charge is 2.34. The minimum atomic E-state index is -3.97. The number of thiazole rings is 1. The third-order valence-electron chi connectivity index (χ3n) is 4.82. The van der Waals surface area contributed by atoms with E-state index in [1.807, 2.05) is 10.3 Å². The van der Waals surface area contributed by atoms with Gasteiger partial charge in [0.2, 0.25) is 10.0 Å². The molecule has 0 N–H and O–H groups in total. The Labute approximate surface area is 176 Å². The highest BCUT2D eigenvalue weighted by Crippen LogP contribution is 2.30. The summed E-state index contributed by atoms with van der Waals surface area (Å²) in [4.78, 5) is 16.8. The zero-order valence-corrected chi connectivity index (χ0v) is 17.3. The third kappa shape index (κ3) is 3.91. The van der Waals surface area contributed by atoms with Crippen molar-refractivity contribution in [2.75, 3.05) is 31.1 Å². The molecule has 8 nitrogen and oxygen atoms in total. The largest absolute Gasteiger partial charge is 0.345 e. The summed E-state index contributed by atoms with van der Waals surface area (Å²) in [5.74, 6) is -0.315. The number of hydrogen-bond donors (Lipinski definition) is 0. The predicted molar refractivity (Wildman–Crippen MR) is 112 cm³/mol. The number of para-hydroxylation sites is 1. The number of anilines is 1. The average Bonchev–Trinajstić information content (AvgIpc) is 3.24. The van der Waals surface area contributed by atoms with Gasteiger partial charge in [0.25, 0.3) is 5.69 Å². The van der Waals surface area contributed by atoms with Gasteiger partial charge in [0, 0.05) is 43.2 Å². The van der Waals surface area contributed by atoms with Crippen LogP contribution in [-0.4, -0.2) is 48.8 Å². The van der Waals surface area contributed by atoms with E-state index in [1.165, 1.54) is 52.0 Å². The van der Waals surface area contributed by atoms with Crippen LogP contribution in [0.5, 0.6) is 0 Å². The SMILES string of the molecule is O=[N+]([O-])c1ccccc1S(=O)(=O)N1CCN(c2nc(-c3ccc(F)cc3)cs2)CC1. The Balaban J connectivity index is 1.48. The normalized spacial score (nSPS) is 15.3. The van der Waals surface area contributed by atoms with E-state index in [-0.39, 0.29) is 23.8 Å². The first-order chi connectivity index (χ1) is 14.4. The van der Waals surface area contributed by atoms with Gasteiger partial charge in [-0.1, -0.05) is 12.1 Å². The van der Waals surface area contributed by atoms with Crippen LogP contribution in [-0.2, 0) is 10.0 Å². The van der Waals surface area contributed by atoms with E-state index < -0.39 is 20.6 Å². The molecular weight excluding hydrogens is 431 g/mol. The summed E-state index contributed by atoms with van der Waals surface area (Å²) in [5, 5.41) is 13.8. The molecule has 0 spiro atoms. The van der Waals surface area contributed by atoms with E-state index in [4.69, 9.17) is 0 Å². The van der Waals surface area contributed by atoms with Crippen molar-refractivity contribution in [3.05, 3.63) is 69.8 Å². The molecule has 0 radical (unpaired) electrons. The first kappa shape index (κ1) is 20.4. The van der Waals surface area contributed by atoms with Gasteiger partial charge in [-0.05, 0) is 30.3 Å². The summed E-state index contributed by atoms with van der Waals surface area (Å²) in [6.45, 7) is 1.21. The Bertz CT molecular complexity index is 1170. The van der Waals surface area contributed by atoms with E-state index in [0.717, 1.165) is 16.4 Å². The molecule has 2 heterocycles. The Kier molecular flexibility index (Phi) is 5.50. The lowest BCUT2D eigenvalue weighted by Gasteiger charge is -2.33. The van der Waals surface area contributed by atoms with Crippen LogP contribution in [0.15, 0.2) is 58.8 Å². The van der Waals surface area contributed by atoms with E-state index >= 15 is 0 Å². The number of benzene rings is 2. The number of hydrogen-bond acceptors (Lipinski definition) is 7. The zero-order valence-electron chi connectivity index (χ0n) is 15.6. The second-order valence-electron chi connectivity index (χ2n) is 6.64. The smallest absolute Gasteiger partial charge is 0.289 e. The fraction of sp³-hybridized carbons (Fsp3) is 0.211. The molecule has 1 aliphatic rings. The molecule has 156 valence electrons. The van der Waals surface area contributed by atoms with Crippen LogP contribution in [0.25, 0.3) is 11.3 Å². The van der Waals surface area contributed by atoms with Gasteiger partial charge in [0.05, 0.1) is 10.6 Å². The third-order valence-corrected chi connectivity index (χ3v) is 7.67. The molecule has 1 fully saturated rings. The number of sulfonamides is 1. The van der Waals surface area contributed by atoms with Gasteiger partial charge in [0.15, 0.2) is 10.0 Å². The molecule has 1 aliphatic heterocycles. The number of piperazine rings is 1. The van der Waals surface area contributed by atoms with E-state index in [1.54, 1.807) is 12.1 Å². The first-order valence-corrected chi connectivity index (χ1v) is 11.4. The van der Waals surface area contributed by atoms with Gasteiger partial charge in [-0.3, -0.25) is 10.1 Å². The molecule has 2 aromatic carbocycles. The van der Waals surface area contributed by atoms with Gasteiger partial charge in [-0.25, -0.2) is 17.8 Å². The summed E-state index contributed by atoms with van der Waals surface area (Å²) in [6.07, 6.45) is 0. The standard InChI is InChI=1S/C19H17FN4O4S2/c20-15-7-5-14(6-8-15)16-13-29-19(21-16)22-9-11-23(12-10-22)30(27,28)18-4-2-1-3-17(18)24(25)26/h1-8,13H,9-12H2. The predicted octanol–water partition coefficient (Wildman–Crippen LogP) is 3.37. The minimum absolute atomic E-state index is 0.194. The number of nitro benzene ring substituents is 1. The van der Waals surface area contributed by atoms with Crippen molar-refractivity contribution in [3.8, 4) is 11.3 Å². The summed E-state index contributed by atoms with van der Waals surface area (Å²) in [5.41, 5.74) is 1.10. The summed E-state index contributed by atoms with van der Waals surface area (Å²) < 4.78 is 40.2. The van der Waals surface area contributed by atoms with Crippen molar-refractivity contribution in [2.45, 2.75) is 4.90 Å². The Morgan fingerprint density at radius 3 is 2.37 bits per heavy atom. The number of halogens is 1. The maximum atomic E-state index is 13.1. The fourth-order valence-electron chi connectivity index (χ4n) is 3.25. The summed E-state index contributed by atoms with van der Waals surface area (Å²) in [6, 6.07) is 11.4. The molecule has 0 unspecified atom stereocenters. The quantitative estimate of drug-likeness (QED) is 0.439. The first-order valence-electron chi connectivity index (χ1n) is 9.06. The highest BCUT2D eigenvalue weighted by molar-refractivity contribution is 7.89. The van der Waals surface area contributed by atoms with Gasteiger partial charge in [-0.2, -0.15) is 4.31 Å². The molecule has 3 aromatic rings.